The minimum Gasteiger partial charge on any atom is -0.477 e. The van der Waals surface area contributed by atoms with Crippen molar-refractivity contribution in [3.63, 3.8) is 0 Å². The lowest BCUT2D eigenvalue weighted by atomic mass is 10.3. The zero-order valence-electron chi connectivity index (χ0n) is 8.53. The molecular weight excluding hydrogens is 232 g/mol. The summed E-state index contributed by atoms with van der Waals surface area (Å²) >= 11 is 0. The van der Waals surface area contributed by atoms with Gasteiger partial charge in [-0.3, -0.25) is 10.1 Å². The van der Waals surface area contributed by atoms with Crippen LogP contribution < -0.4 is 4.74 Å². The zero-order chi connectivity index (χ0) is 12.4. The van der Waals surface area contributed by atoms with Crippen LogP contribution in [0.2, 0.25) is 0 Å². The van der Waals surface area contributed by atoms with Crippen molar-refractivity contribution in [2.75, 3.05) is 13.2 Å². The second kappa shape index (κ2) is 4.34. The number of rotatable bonds is 4. The fraction of sp³-hybridized carbons (Fsp3) is 0.333. The van der Waals surface area contributed by atoms with Gasteiger partial charge in [0.1, 0.15) is 6.10 Å². The van der Waals surface area contributed by atoms with Crippen molar-refractivity contribution in [2.24, 2.45) is 0 Å². The summed E-state index contributed by atoms with van der Waals surface area (Å²) < 4.78 is 10.0. The smallest absolute Gasteiger partial charge is 0.354 e. The van der Waals surface area contributed by atoms with Crippen LogP contribution in [0.4, 0.5) is 5.69 Å². The number of nitro groups is 1. The molecule has 0 atom stereocenters. The van der Waals surface area contributed by atoms with E-state index in [-0.39, 0.29) is 23.4 Å². The Morgan fingerprint density at radius 1 is 1.59 bits per heavy atom. The fourth-order valence-corrected chi connectivity index (χ4v) is 1.22. The monoisotopic (exact) mass is 240 g/mol. The van der Waals surface area contributed by atoms with E-state index in [2.05, 4.69) is 4.98 Å². The van der Waals surface area contributed by atoms with Crippen LogP contribution in [-0.4, -0.2) is 40.3 Å². The van der Waals surface area contributed by atoms with Crippen molar-refractivity contribution in [1.29, 1.82) is 0 Å². The lowest BCUT2D eigenvalue weighted by Gasteiger charge is -2.25. The van der Waals surface area contributed by atoms with Gasteiger partial charge in [-0.25, -0.2) is 9.78 Å². The van der Waals surface area contributed by atoms with Crippen LogP contribution in [0.25, 0.3) is 0 Å². The molecule has 0 aromatic carbocycles. The Kier molecular flexibility index (Phi) is 2.88. The normalized spacial score (nSPS) is 15.1. The molecule has 1 aliphatic heterocycles. The Morgan fingerprint density at radius 3 is 2.76 bits per heavy atom. The number of nitrogens with zero attached hydrogens (tertiary/aromatic N) is 2. The van der Waals surface area contributed by atoms with Crippen molar-refractivity contribution in [3.05, 3.63) is 27.9 Å². The molecule has 2 rings (SSSR count). The van der Waals surface area contributed by atoms with E-state index in [4.69, 9.17) is 14.6 Å². The number of carboxylic acid groups (broad SMARTS) is 1. The Labute approximate surface area is 94.9 Å². The van der Waals surface area contributed by atoms with E-state index in [9.17, 15) is 14.9 Å². The van der Waals surface area contributed by atoms with Gasteiger partial charge in [0, 0.05) is 6.07 Å². The topological polar surface area (TPSA) is 112 Å². The maximum Gasteiger partial charge on any atom is 0.354 e. The third kappa shape index (κ3) is 2.31. The quantitative estimate of drug-likeness (QED) is 0.601. The third-order valence-electron chi connectivity index (χ3n) is 2.14. The van der Waals surface area contributed by atoms with Gasteiger partial charge in [0.15, 0.2) is 5.69 Å². The molecule has 1 N–H and O–H groups in total. The van der Waals surface area contributed by atoms with Gasteiger partial charge in [0.25, 0.3) is 5.88 Å². The van der Waals surface area contributed by atoms with Crippen molar-refractivity contribution in [2.45, 2.75) is 6.10 Å². The molecule has 1 aromatic heterocycles. The van der Waals surface area contributed by atoms with E-state index < -0.39 is 10.9 Å². The summed E-state index contributed by atoms with van der Waals surface area (Å²) in [6.45, 7) is 0.631. The van der Waals surface area contributed by atoms with Gasteiger partial charge in [0.05, 0.1) is 18.1 Å². The molecule has 0 spiro atoms. The fourth-order valence-electron chi connectivity index (χ4n) is 1.22. The second-order valence-corrected chi connectivity index (χ2v) is 3.36. The number of carboxylic acids is 1. The Hall–Kier alpha value is -2.22. The molecule has 0 bridgehead atoms. The summed E-state index contributed by atoms with van der Waals surface area (Å²) in [7, 11) is 0. The van der Waals surface area contributed by atoms with Gasteiger partial charge in [-0.15, -0.1) is 0 Å². The van der Waals surface area contributed by atoms with E-state index in [1.165, 1.54) is 0 Å². The number of hydrogen-bond acceptors (Lipinski definition) is 6. The molecule has 1 aliphatic rings. The number of ether oxygens (including phenoxy) is 2. The summed E-state index contributed by atoms with van der Waals surface area (Å²) in [6.07, 6.45) is -0.315. The number of hydrogen-bond donors (Lipinski definition) is 1. The first-order chi connectivity index (χ1) is 8.08. The first-order valence-corrected chi connectivity index (χ1v) is 4.71. The lowest BCUT2D eigenvalue weighted by Crippen LogP contribution is -2.39. The van der Waals surface area contributed by atoms with E-state index in [0.29, 0.717) is 13.2 Å². The van der Waals surface area contributed by atoms with Crippen LogP contribution >= 0.6 is 0 Å². The van der Waals surface area contributed by atoms with Gasteiger partial charge in [-0.1, -0.05) is 0 Å². The number of aromatic nitrogens is 1. The van der Waals surface area contributed by atoms with Crippen molar-refractivity contribution >= 4 is 11.7 Å². The molecule has 0 saturated carbocycles. The molecule has 8 nitrogen and oxygen atoms in total. The minimum absolute atomic E-state index is 0.289. The Balaban J connectivity index is 2.32. The molecule has 0 amide bonds. The van der Waals surface area contributed by atoms with E-state index >= 15 is 0 Å². The predicted octanol–water partition coefficient (Wildman–Crippen LogP) is 0.466. The van der Waals surface area contributed by atoms with Crippen LogP contribution in [0, 0.1) is 10.1 Å². The Morgan fingerprint density at radius 2 is 2.29 bits per heavy atom. The molecule has 1 saturated heterocycles. The number of aromatic carboxylic acids is 1. The first-order valence-electron chi connectivity index (χ1n) is 4.71. The highest BCUT2D eigenvalue weighted by Gasteiger charge is 2.26. The molecule has 2 heterocycles. The molecule has 0 aliphatic carbocycles. The molecule has 17 heavy (non-hydrogen) atoms. The number of pyridine rings is 1. The maximum absolute atomic E-state index is 10.7. The third-order valence-corrected chi connectivity index (χ3v) is 2.14. The van der Waals surface area contributed by atoms with Crippen LogP contribution in [0.3, 0.4) is 0 Å². The number of carbonyl (C=O) groups is 1. The minimum atomic E-state index is -1.27. The molecular formula is C9H8N2O6. The van der Waals surface area contributed by atoms with Crippen molar-refractivity contribution < 1.29 is 24.3 Å². The molecule has 90 valence electrons. The van der Waals surface area contributed by atoms with Gasteiger partial charge >= 0.3 is 11.7 Å². The molecule has 0 unspecified atom stereocenters. The predicted molar refractivity (Wildman–Crippen MR) is 53.1 cm³/mol. The van der Waals surface area contributed by atoms with Gasteiger partial charge in [-0.05, 0) is 6.07 Å². The van der Waals surface area contributed by atoms with Crippen LogP contribution in [0.15, 0.2) is 12.1 Å². The van der Waals surface area contributed by atoms with Crippen LogP contribution in [0.5, 0.6) is 5.88 Å². The van der Waals surface area contributed by atoms with E-state index in [0.717, 1.165) is 12.1 Å². The van der Waals surface area contributed by atoms with Crippen LogP contribution in [0.1, 0.15) is 10.5 Å². The Bertz CT molecular complexity index is 471. The summed E-state index contributed by atoms with van der Waals surface area (Å²) in [6, 6.07) is 2.12. The molecule has 8 heteroatoms. The van der Waals surface area contributed by atoms with Gasteiger partial charge < -0.3 is 14.6 Å². The highest BCUT2D eigenvalue weighted by atomic mass is 16.6. The molecule has 1 fully saturated rings. The molecule has 1 aromatic rings. The van der Waals surface area contributed by atoms with Gasteiger partial charge in [0.2, 0.25) is 0 Å². The molecule has 0 radical (unpaired) electrons. The highest BCUT2D eigenvalue weighted by Crippen LogP contribution is 2.26. The highest BCUT2D eigenvalue weighted by molar-refractivity contribution is 5.85. The lowest BCUT2D eigenvalue weighted by molar-refractivity contribution is -0.386. The summed E-state index contributed by atoms with van der Waals surface area (Å²) in [5.74, 6) is -1.56. The van der Waals surface area contributed by atoms with E-state index in [1.54, 1.807) is 0 Å². The standard InChI is InChI=1S/C9H8N2O6/c12-9(13)6-1-2-7(11(14)15)8(10-6)17-5-3-16-4-5/h1-2,5H,3-4H2,(H,12,13). The van der Waals surface area contributed by atoms with Crippen LogP contribution in [-0.2, 0) is 4.74 Å². The van der Waals surface area contributed by atoms with Crippen molar-refractivity contribution in [3.8, 4) is 5.88 Å². The zero-order valence-corrected chi connectivity index (χ0v) is 8.53. The summed E-state index contributed by atoms with van der Waals surface area (Å²) in [4.78, 5) is 24.3. The average molecular weight is 240 g/mol. The second-order valence-electron chi connectivity index (χ2n) is 3.36. The SMILES string of the molecule is O=C(O)c1ccc([N+](=O)[O-])c(OC2COC2)n1. The largest absolute Gasteiger partial charge is 0.477 e. The van der Waals surface area contributed by atoms with E-state index in [1.807, 2.05) is 0 Å². The maximum atomic E-state index is 10.7. The summed E-state index contributed by atoms with van der Waals surface area (Å²) in [5.41, 5.74) is -0.659. The summed E-state index contributed by atoms with van der Waals surface area (Å²) in [5, 5.41) is 19.4. The first kappa shape index (κ1) is 11.3. The van der Waals surface area contributed by atoms with Crippen molar-refractivity contribution in [1.82, 2.24) is 4.98 Å². The van der Waals surface area contributed by atoms with Gasteiger partial charge in [-0.2, -0.15) is 0 Å². The average Bonchev–Trinajstić information content (AvgIpc) is 2.22.